The lowest BCUT2D eigenvalue weighted by atomic mass is 10.0. The van der Waals surface area contributed by atoms with Crippen LogP contribution in [0.3, 0.4) is 0 Å². The Morgan fingerprint density at radius 2 is 1.81 bits per heavy atom. The van der Waals surface area contributed by atoms with Crippen LogP contribution in [0.1, 0.15) is 36.5 Å². The Bertz CT molecular complexity index is 837. The van der Waals surface area contributed by atoms with Crippen LogP contribution in [0, 0.1) is 0 Å². The van der Waals surface area contributed by atoms with Gasteiger partial charge in [0.05, 0.1) is 4.91 Å². The first-order valence-electron chi connectivity index (χ1n) is 8.43. The highest BCUT2D eigenvalue weighted by Gasteiger charge is 2.20. The maximum Gasteiger partial charge on any atom is 0.285 e. The predicted molar refractivity (Wildman–Crippen MR) is 113 cm³/mol. The van der Waals surface area contributed by atoms with Crippen molar-refractivity contribution in [2.75, 3.05) is 6.26 Å². The van der Waals surface area contributed by atoms with E-state index in [1.54, 1.807) is 0 Å². The fourth-order valence-corrected chi connectivity index (χ4v) is 3.88. The van der Waals surface area contributed by atoms with Crippen molar-refractivity contribution >= 4 is 39.9 Å². The molecule has 26 heavy (non-hydrogen) atoms. The van der Waals surface area contributed by atoms with Crippen LogP contribution in [0.5, 0.6) is 5.75 Å². The number of nitrogens with zero attached hydrogens (tertiary/aromatic N) is 1. The molecule has 1 amide bonds. The molecular weight excluding hydrogens is 362 g/mol. The molecule has 1 heterocycles. The van der Waals surface area contributed by atoms with Crippen molar-refractivity contribution in [1.29, 1.82) is 0 Å². The molecule has 0 N–H and O–H groups in total. The third-order valence-electron chi connectivity index (χ3n) is 4.01. The van der Waals surface area contributed by atoms with E-state index in [0.717, 1.165) is 21.3 Å². The molecule has 0 radical (unpaired) electrons. The average molecular weight is 384 g/mol. The number of aliphatic imine (C=N–C) groups is 1. The summed E-state index contributed by atoms with van der Waals surface area (Å²) in [4.78, 5) is 16.5. The third kappa shape index (κ3) is 4.80. The first kappa shape index (κ1) is 18.8. The number of ether oxygens (including phenoxy) is 1. The Balaban J connectivity index is 1.59. The molecule has 0 aliphatic carbocycles. The molecule has 1 aliphatic rings. The Morgan fingerprint density at radius 1 is 1.12 bits per heavy atom. The molecule has 0 bridgehead atoms. The zero-order valence-corrected chi connectivity index (χ0v) is 16.7. The van der Waals surface area contributed by atoms with Crippen molar-refractivity contribution in [3.63, 3.8) is 0 Å². The maximum atomic E-state index is 11.8. The summed E-state index contributed by atoms with van der Waals surface area (Å²) in [7, 11) is 0. The van der Waals surface area contributed by atoms with Crippen LogP contribution in [-0.2, 0) is 11.4 Å². The van der Waals surface area contributed by atoms with Crippen molar-refractivity contribution in [2.24, 2.45) is 4.99 Å². The van der Waals surface area contributed by atoms with Gasteiger partial charge in [0, 0.05) is 0 Å². The summed E-state index contributed by atoms with van der Waals surface area (Å²) in [6, 6.07) is 16.3. The van der Waals surface area contributed by atoms with E-state index in [2.05, 4.69) is 43.1 Å². The summed E-state index contributed by atoms with van der Waals surface area (Å²) >= 11 is 2.91. The molecule has 3 nitrogen and oxygen atoms in total. The maximum absolute atomic E-state index is 11.8. The molecule has 0 fully saturated rings. The summed E-state index contributed by atoms with van der Waals surface area (Å²) in [5.41, 5.74) is 3.45. The van der Waals surface area contributed by atoms with Gasteiger partial charge >= 0.3 is 0 Å². The first-order chi connectivity index (χ1) is 12.5. The number of thioether (sulfide) groups is 2. The minimum absolute atomic E-state index is 0.162. The summed E-state index contributed by atoms with van der Waals surface area (Å²) in [6.45, 7) is 4.92. The zero-order valence-electron chi connectivity index (χ0n) is 15.1. The number of carbonyl (C=O) groups is 1. The van der Waals surface area contributed by atoms with E-state index < -0.39 is 0 Å². The summed E-state index contributed by atoms with van der Waals surface area (Å²) in [5, 5.41) is 0. The lowest BCUT2D eigenvalue weighted by Crippen LogP contribution is -1.96. The van der Waals surface area contributed by atoms with Crippen LogP contribution in [0.15, 0.2) is 58.4 Å². The lowest BCUT2D eigenvalue weighted by Gasteiger charge is -2.09. The molecule has 3 rings (SSSR count). The van der Waals surface area contributed by atoms with Crippen LogP contribution in [-0.4, -0.2) is 16.5 Å². The van der Waals surface area contributed by atoms with Crippen LogP contribution < -0.4 is 4.74 Å². The molecule has 0 spiro atoms. The quantitative estimate of drug-likeness (QED) is 0.619. The predicted octanol–water partition coefficient (Wildman–Crippen LogP) is 5.72. The van der Waals surface area contributed by atoms with Gasteiger partial charge in [-0.1, -0.05) is 62.0 Å². The Labute approximate surface area is 162 Å². The molecule has 0 atom stereocenters. The van der Waals surface area contributed by atoms with E-state index in [9.17, 15) is 4.79 Å². The van der Waals surface area contributed by atoms with E-state index in [-0.39, 0.29) is 5.91 Å². The first-order valence-corrected chi connectivity index (χ1v) is 10.5. The normalized spacial score (nSPS) is 15.6. The number of rotatable bonds is 5. The number of benzene rings is 2. The fraction of sp³-hybridized carbons (Fsp3) is 0.238. The van der Waals surface area contributed by atoms with Gasteiger partial charge in [-0.3, -0.25) is 4.79 Å². The zero-order chi connectivity index (χ0) is 18.5. The minimum Gasteiger partial charge on any atom is -0.489 e. The third-order valence-corrected chi connectivity index (χ3v) is 5.97. The highest BCUT2D eigenvalue weighted by Crippen LogP contribution is 2.32. The van der Waals surface area contributed by atoms with Crippen molar-refractivity contribution in [1.82, 2.24) is 0 Å². The largest absolute Gasteiger partial charge is 0.489 e. The van der Waals surface area contributed by atoms with Gasteiger partial charge < -0.3 is 4.74 Å². The molecule has 1 aliphatic heterocycles. The molecule has 5 heteroatoms. The SMILES string of the molecule is CSC1=NC(=O)/C(=C/c2ccc(OCc3ccc(C(C)C)cc3)cc2)S1. The molecule has 134 valence electrons. The summed E-state index contributed by atoms with van der Waals surface area (Å²) in [6.07, 6.45) is 3.79. The second-order valence-corrected chi connectivity index (χ2v) is 8.34. The van der Waals surface area contributed by atoms with Crippen molar-refractivity contribution < 1.29 is 9.53 Å². The number of carbonyl (C=O) groups excluding carboxylic acids is 1. The van der Waals surface area contributed by atoms with Crippen LogP contribution >= 0.6 is 23.5 Å². The van der Waals surface area contributed by atoms with Crippen molar-refractivity contribution in [3.8, 4) is 5.75 Å². The van der Waals surface area contributed by atoms with E-state index >= 15 is 0 Å². The smallest absolute Gasteiger partial charge is 0.285 e. The van der Waals surface area contributed by atoms with Crippen LogP contribution in [0.25, 0.3) is 6.08 Å². The summed E-state index contributed by atoms with van der Waals surface area (Å²) < 4.78 is 6.65. The van der Waals surface area contributed by atoms with Gasteiger partial charge in [0.1, 0.15) is 16.7 Å². The Morgan fingerprint density at radius 3 is 2.38 bits per heavy atom. The van der Waals surface area contributed by atoms with Gasteiger partial charge in [-0.25, -0.2) is 0 Å². The van der Waals surface area contributed by atoms with Gasteiger partial charge in [-0.05, 0) is 47.1 Å². The standard InChI is InChI=1S/C21H21NO2S2/c1-14(2)17-8-4-16(5-9-17)13-24-18-10-6-15(7-11-18)12-19-20(23)22-21(25-3)26-19/h4-12,14H,13H2,1-3H3/b19-12-. The Hall–Kier alpha value is -1.98. The van der Waals surface area contributed by atoms with Gasteiger partial charge in [0.2, 0.25) is 0 Å². The topological polar surface area (TPSA) is 38.7 Å². The molecular formula is C21H21NO2S2. The molecule has 0 aromatic heterocycles. The van der Waals surface area contributed by atoms with E-state index in [1.807, 2.05) is 36.6 Å². The molecule has 0 saturated heterocycles. The van der Waals surface area contributed by atoms with Crippen LogP contribution in [0.4, 0.5) is 0 Å². The Kier molecular flexibility index (Phi) is 6.22. The van der Waals surface area contributed by atoms with Gasteiger partial charge in [-0.15, -0.1) is 11.8 Å². The number of hydrogen-bond acceptors (Lipinski definition) is 4. The van der Waals surface area contributed by atoms with E-state index in [0.29, 0.717) is 17.4 Å². The average Bonchev–Trinajstić information content (AvgIpc) is 3.01. The number of hydrogen-bond donors (Lipinski definition) is 0. The molecule has 2 aromatic rings. The van der Waals surface area contributed by atoms with E-state index in [1.165, 1.54) is 29.1 Å². The van der Waals surface area contributed by atoms with Gasteiger partial charge in [0.25, 0.3) is 5.91 Å². The lowest BCUT2D eigenvalue weighted by molar-refractivity contribution is -0.113. The van der Waals surface area contributed by atoms with Crippen molar-refractivity contribution in [3.05, 3.63) is 70.1 Å². The van der Waals surface area contributed by atoms with Crippen molar-refractivity contribution in [2.45, 2.75) is 26.4 Å². The van der Waals surface area contributed by atoms with Gasteiger partial charge in [0.15, 0.2) is 0 Å². The van der Waals surface area contributed by atoms with Crippen LogP contribution in [0.2, 0.25) is 0 Å². The number of amides is 1. The molecule has 2 aromatic carbocycles. The van der Waals surface area contributed by atoms with Gasteiger partial charge in [-0.2, -0.15) is 4.99 Å². The highest BCUT2D eigenvalue weighted by molar-refractivity contribution is 8.40. The molecule has 0 unspecified atom stereocenters. The minimum atomic E-state index is -0.162. The second kappa shape index (κ2) is 8.60. The fourth-order valence-electron chi connectivity index (χ4n) is 2.45. The monoisotopic (exact) mass is 383 g/mol. The molecule has 0 saturated carbocycles. The summed E-state index contributed by atoms with van der Waals surface area (Å²) in [5.74, 6) is 1.19. The highest BCUT2D eigenvalue weighted by atomic mass is 32.2. The van der Waals surface area contributed by atoms with E-state index in [4.69, 9.17) is 4.74 Å². The second-order valence-electron chi connectivity index (χ2n) is 6.25.